The van der Waals surface area contributed by atoms with Crippen LogP contribution >= 0.6 is 11.3 Å². The van der Waals surface area contributed by atoms with Crippen molar-refractivity contribution in [3.8, 4) is 10.6 Å². The van der Waals surface area contributed by atoms with Crippen LogP contribution in [0.1, 0.15) is 50.5 Å². The molecule has 4 aliphatic carbocycles. The van der Waals surface area contributed by atoms with Gasteiger partial charge in [0.1, 0.15) is 5.01 Å². The first-order valence-corrected chi connectivity index (χ1v) is 12.1. The van der Waals surface area contributed by atoms with E-state index >= 15 is 0 Å². The third-order valence-corrected chi connectivity index (χ3v) is 8.83. The summed E-state index contributed by atoms with van der Waals surface area (Å²) in [6.07, 6.45) is 8.81. The number of rotatable bonds is 4. The van der Waals surface area contributed by atoms with Crippen molar-refractivity contribution < 1.29 is 4.79 Å². The summed E-state index contributed by atoms with van der Waals surface area (Å²) in [5.74, 6) is 2.87. The number of hydrogen-bond acceptors (Lipinski definition) is 3. The molecule has 4 aliphatic rings. The monoisotopic (exact) mass is 416 g/mol. The second kappa shape index (κ2) is 6.91. The van der Waals surface area contributed by atoms with Crippen LogP contribution < -0.4 is 5.32 Å². The standard InChI is InChI=1S/C26H28N2OS/c1-16-8-20(25-28-22-4-2-3-5-23(22)30-25)6-7-21(16)27-24(29)15-26-12-17-9-18(13-26)11-19(10-17)14-26/h2-8,17-19H,9-15H2,1H3,(H,27,29). The first kappa shape index (κ1) is 18.6. The number of anilines is 1. The molecule has 0 unspecified atom stereocenters. The molecule has 30 heavy (non-hydrogen) atoms. The molecule has 0 aliphatic heterocycles. The molecule has 154 valence electrons. The lowest BCUT2D eigenvalue weighted by Gasteiger charge is -2.56. The van der Waals surface area contributed by atoms with Crippen LogP contribution in [0.2, 0.25) is 0 Å². The van der Waals surface area contributed by atoms with Gasteiger partial charge in [-0.2, -0.15) is 0 Å². The van der Waals surface area contributed by atoms with Crippen LogP contribution in [-0.2, 0) is 4.79 Å². The van der Waals surface area contributed by atoms with Gasteiger partial charge in [-0.15, -0.1) is 11.3 Å². The molecule has 0 radical (unpaired) electrons. The van der Waals surface area contributed by atoms with E-state index in [0.29, 0.717) is 6.42 Å². The van der Waals surface area contributed by atoms with Gasteiger partial charge < -0.3 is 5.32 Å². The highest BCUT2D eigenvalue weighted by molar-refractivity contribution is 7.21. The third-order valence-electron chi connectivity index (χ3n) is 7.74. The van der Waals surface area contributed by atoms with Crippen LogP contribution in [0.25, 0.3) is 20.8 Å². The molecule has 3 nitrogen and oxygen atoms in total. The Kier molecular flexibility index (Phi) is 4.28. The van der Waals surface area contributed by atoms with Gasteiger partial charge >= 0.3 is 0 Å². The highest BCUT2D eigenvalue weighted by Crippen LogP contribution is 2.61. The van der Waals surface area contributed by atoms with Gasteiger partial charge in [0, 0.05) is 17.7 Å². The molecule has 1 heterocycles. The lowest BCUT2D eigenvalue weighted by atomic mass is 9.49. The zero-order valence-electron chi connectivity index (χ0n) is 17.5. The Labute approximate surface area is 181 Å². The fourth-order valence-corrected chi connectivity index (χ4v) is 7.94. The van der Waals surface area contributed by atoms with Crippen molar-refractivity contribution in [1.82, 2.24) is 4.98 Å². The van der Waals surface area contributed by atoms with Gasteiger partial charge in [0.25, 0.3) is 0 Å². The molecular formula is C26H28N2OS. The molecule has 4 saturated carbocycles. The minimum atomic E-state index is 0.202. The quantitative estimate of drug-likeness (QED) is 0.507. The number of carbonyl (C=O) groups is 1. The summed E-state index contributed by atoms with van der Waals surface area (Å²) in [4.78, 5) is 17.8. The van der Waals surface area contributed by atoms with E-state index < -0.39 is 0 Å². The van der Waals surface area contributed by atoms with Crippen LogP contribution in [-0.4, -0.2) is 10.9 Å². The molecule has 1 amide bonds. The fraction of sp³-hybridized carbons (Fsp3) is 0.462. The van der Waals surface area contributed by atoms with Gasteiger partial charge in [-0.3, -0.25) is 4.79 Å². The Hall–Kier alpha value is -2.20. The predicted octanol–water partition coefficient (Wildman–Crippen LogP) is 6.82. The minimum absolute atomic E-state index is 0.202. The number of hydrogen-bond donors (Lipinski definition) is 1. The van der Waals surface area contributed by atoms with Gasteiger partial charge in [0.05, 0.1) is 10.2 Å². The molecule has 0 spiro atoms. The van der Waals surface area contributed by atoms with Crippen molar-refractivity contribution >= 4 is 33.1 Å². The molecule has 4 fully saturated rings. The van der Waals surface area contributed by atoms with Crippen molar-refractivity contribution in [3.05, 3.63) is 48.0 Å². The number of thiazole rings is 1. The van der Waals surface area contributed by atoms with Crippen molar-refractivity contribution in [2.24, 2.45) is 23.2 Å². The van der Waals surface area contributed by atoms with Gasteiger partial charge in [0.15, 0.2) is 0 Å². The SMILES string of the molecule is Cc1cc(-c2nc3ccccc3s2)ccc1NC(=O)CC12CC3CC(CC(C3)C1)C2. The maximum atomic E-state index is 13.0. The number of para-hydroxylation sites is 1. The average molecular weight is 417 g/mol. The van der Waals surface area contributed by atoms with Crippen molar-refractivity contribution in [2.75, 3.05) is 5.32 Å². The number of aromatic nitrogens is 1. The van der Waals surface area contributed by atoms with Crippen LogP contribution in [0.5, 0.6) is 0 Å². The lowest BCUT2D eigenvalue weighted by Crippen LogP contribution is -2.47. The maximum Gasteiger partial charge on any atom is 0.224 e. The number of carbonyl (C=O) groups excluding carboxylic acids is 1. The molecule has 0 atom stereocenters. The normalized spacial score (nSPS) is 29.4. The molecule has 4 heteroatoms. The molecule has 7 rings (SSSR count). The number of nitrogens with one attached hydrogen (secondary N) is 1. The largest absolute Gasteiger partial charge is 0.326 e. The smallest absolute Gasteiger partial charge is 0.224 e. The fourth-order valence-electron chi connectivity index (χ4n) is 6.97. The summed E-state index contributed by atoms with van der Waals surface area (Å²) in [6.45, 7) is 2.08. The average Bonchev–Trinajstić information content (AvgIpc) is 3.12. The molecule has 1 aromatic heterocycles. The topological polar surface area (TPSA) is 42.0 Å². The summed E-state index contributed by atoms with van der Waals surface area (Å²) in [5.41, 5.74) is 4.49. The summed E-state index contributed by atoms with van der Waals surface area (Å²) in [6, 6.07) is 14.5. The molecule has 1 N–H and O–H groups in total. The number of fused-ring (bicyclic) bond motifs is 1. The minimum Gasteiger partial charge on any atom is -0.326 e. The Morgan fingerprint density at radius 3 is 2.43 bits per heavy atom. The maximum absolute atomic E-state index is 13.0. The zero-order valence-corrected chi connectivity index (χ0v) is 18.3. The summed E-state index contributed by atoms with van der Waals surface area (Å²) in [5, 5.41) is 4.27. The van der Waals surface area contributed by atoms with Crippen LogP contribution in [0, 0.1) is 30.1 Å². The molecule has 3 aromatic rings. The summed E-state index contributed by atoms with van der Waals surface area (Å²) < 4.78 is 1.21. The van der Waals surface area contributed by atoms with E-state index in [1.807, 2.05) is 12.1 Å². The zero-order chi connectivity index (χ0) is 20.3. The van der Waals surface area contributed by atoms with E-state index in [4.69, 9.17) is 4.98 Å². The Morgan fingerprint density at radius 1 is 1.07 bits per heavy atom. The lowest BCUT2D eigenvalue weighted by molar-refractivity contribution is -0.124. The Bertz CT molecular complexity index is 1060. The second-order valence-electron chi connectivity index (χ2n) is 10.2. The van der Waals surface area contributed by atoms with Gasteiger partial charge in [-0.25, -0.2) is 4.98 Å². The highest BCUT2D eigenvalue weighted by atomic mass is 32.1. The van der Waals surface area contributed by atoms with E-state index in [2.05, 4.69) is 42.6 Å². The first-order chi connectivity index (χ1) is 14.6. The van der Waals surface area contributed by atoms with Crippen molar-refractivity contribution in [3.63, 3.8) is 0 Å². The Balaban J connectivity index is 1.18. The number of nitrogens with zero attached hydrogens (tertiary/aromatic N) is 1. The van der Waals surface area contributed by atoms with Crippen molar-refractivity contribution in [1.29, 1.82) is 0 Å². The van der Waals surface area contributed by atoms with E-state index in [-0.39, 0.29) is 11.3 Å². The summed E-state index contributed by atoms with van der Waals surface area (Å²) >= 11 is 1.72. The molecule has 0 saturated heterocycles. The van der Waals surface area contributed by atoms with Crippen LogP contribution in [0.4, 0.5) is 5.69 Å². The Morgan fingerprint density at radius 2 is 1.77 bits per heavy atom. The van der Waals surface area contributed by atoms with Gasteiger partial charge in [0.2, 0.25) is 5.91 Å². The third kappa shape index (κ3) is 3.26. The van der Waals surface area contributed by atoms with Gasteiger partial charge in [-0.1, -0.05) is 12.1 Å². The number of benzene rings is 2. The van der Waals surface area contributed by atoms with Crippen LogP contribution in [0.15, 0.2) is 42.5 Å². The van der Waals surface area contributed by atoms with E-state index in [9.17, 15) is 4.79 Å². The molecular weight excluding hydrogens is 388 g/mol. The molecule has 4 bridgehead atoms. The first-order valence-electron chi connectivity index (χ1n) is 11.3. The van der Waals surface area contributed by atoms with E-state index in [0.717, 1.165) is 45.1 Å². The van der Waals surface area contributed by atoms with Crippen molar-refractivity contribution in [2.45, 2.75) is 51.9 Å². The summed E-state index contributed by atoms with van der Waals surface area (Å²) in [7, 11) is 0. The van der Waals surface area contributed by atoms with E-state index in [1.165, 1.54) is 43.2 Å². The van der Waals surface area contributed by atoms with Gasteiger partial charge in [-0.05, 0) is 105 Å². The predicted molar refractivity (Wildman–Crippen MR) is 124 cm³/mol. The number of aryl methyl sites for hydroxylation is 1. The second-order valence-corrected chi connectivity index (χ2v) is 11.2. The van der Waals surface area contributed by atoms with E-state index in [1.54, 1.807) is 11.3 Å². The molecule has 2 aromatic carbocycles. The highest BCUT2D eigenvalue weighted by Gasteiger charge is 2.51. The van der Waals surface area contributed by atoms with Crippen LogP contribution in [0.3, 0.4) is 0 Å². The number of amides is 1.